The molecule has 0 spiro atoms. The Morgan fingerprint density at radius 1 is 1.69 bits per heavy atom. The van der Waals surface area contributed by atoms with Crippen molar-refractivity contribution in [2.45, 2.75) is 6.92 Å². The van der Waals surface area contributed by atoms with Crippen LogP contribution in [0.3, 0.4) is 0 Å². The predicted octanol–water partition coefficient (Wildman–Crippen LogP) is 2.13. The van der Waals surface area contributed by atoms with Crippen LogP contribution in [0.5, 0.6) is 0 Å². The van der Waals surface area contributed by atoms with Crippen LogP contribution in [0.2, 0.25) is 0 Å². The summed E-state index contributed by atoms with van der Waals surface area (Å²) in [4.78, 5) is 11.4. The van der Waals surface area contributed by atoms with Gasteiger partial charge >= 0.3 is 5.97 Å². The Kier molecular flexibility index (Phi) is 2.83. The molecule has 1 aromatic rings. The SMILES string of the molecule is CC(=C(C#N)C(=O)O)c1cccs1. The molecule has 13 heavy (non-hydrogen) atoms. The van der Waals surface area contributed by atoms with Crippen LogP contribution in [0, 0.1) is 11.3 Å². The average molecular weight is 193 g/mol. The third kappa shape index (κ3) is 1.95. The molecule has 1 aromatic heterocycles. The maximum atomic E-state index is 10.6. The number of carboxylic acid groups (broad SMARTS) is 1. The first kappa shape index (κ1) is 9.49. The molecule has 0 saturated heterocycles. The van der Waals surface area contributed by atoms with Crippen LogP contribution < -0.4 is 0 Å². The quantitative estimate of drug-likeness (QED) is 0.578. The average Bonchev–Trinajstić information content (AvgIpc) is 2.56. The molecule has 3 nitrogen and oxygen atoms in total. The van der Waals surface area contributed by atoms with Gasteiger partial charge in [0.15, 0.2) is 0 Å². The summed E-state index contributed by atoms with van der Waals surface area (Å²) < 4.78 is 0. The molecule has 0 unspecified atom stereocenters. The van der Waals surface area contributed by atoms with Crippen molar-refractivity contribution in [1.29, 1.82) is 5.26 Å². The number of hydrogen-bond donors (Lipinski definition) is 1. The number of carboxylic acids is 1. The zero-order valence-electron chi connectivity index (χ0n) is 6.94. The lowest BCUT2D eigenvalue weighted by atomic mass is 10.1. The van der Waals surface area contributed by atoms with E-state index in [1.165, 1.54) is 11.3 Å². The van der Waals surface area contributed by atoms with Crippen LogP contribution in [0.15, 0.2) is 23.1 Å². The summed E-state index contributed by atoms with van der Waals surface area (Å²) in [5, 5.41) is 19.1. The van der Waals surface area contributed by atoms with Crippen LogP contribution in [-0.4, -0.2) is 11.1 Å². The summed E-state index contributed by atoms with van der Waals surface area (Å²) in [7, 11) is 0. The van der Waals surface area contributed by atoms with Crippen molar-refractivity contribution in [3.63, 3.8) is 0 Å². The highest BCUT2D eigenvalue weighted by atomic mass is 32.1. The van der Waals surface area contributed by atoms with Crippen LogP contribution >= 0.6 is 11.3 Å². The number of aliphatic carboxylic acids is 1. The third-order valence-corrected chi connectivity index (χ3v) is 2.58. The Bertz CT molecular complexity index is 384. The summed E-state index contributed by atoms with van der Waals surface area (Å²) in [6, 6.07) is 5.29. The van der Waals surface area contributed by atoms with Gasteiger partial charge in [-0.3, -0.25) is 0 Å². The minimum Gasteiger partial charge on any atom is -0.477 e. The molecule has 0 bridgehead atoms. The molecule has 0 aliphatic rings. The molecule has 4 heteroatoms. The van der Waals surface area contributed by atoms with Gasteiger partial charge in [-0.2, -0.15) is 5.26 Å². The molecule has 0 amide bonds. The predicted molar refractivity (Wildman–Crippen MR) is 50.2 cm³/mol. The summed E-state index contributed by atoms with van der Waals surface area (Å²) >= 11 is 1.42. The fraction of sp³-hybridized carbons (Fsp3) is 0.111. The lowest BCUT2D eigenvalue weighted by Crippen LogP contribution is -1.99. The second kappa shape index (κ2) is 3.87. The van der Waals surface area contributed by atoms with Crippen LogP contribution in [-0.2, 0) is 4.79 Å². The van der Waals surface area contributed by atoms with E-state index in [9.17, 15) is 4.79 Å². The van der Waals surface area contributed by atoms with Crippen LogP contribution in [0.1, 0.15) is 11.8 Å². The summed E-state index contributed by atoms with van der Waals surface area (Å²) in [5.74, 6) is -1.17. The van der Waals surface area contributed by atoms with Gasteiger partial charge in [-0.1, -0.05) is 6.07 Å². The molecule has 1 N–H and O–H groups in total. The number of nitriles is 1. The standard InChI is InChI=1S/C9H7NO2S/c1-6(7(5-10)9(11)12)8-3-2-4-13-8/h2-4H,1H3,(H,11,12). The number of carbonyl (C=O) groups is 1. The topological polar surface area (TPSA) is 61.1 Å². The van der Waals surface area contributed by atoms with Gasteiger partial charge in [-0.25, -0.2) is 4.79 Å². The molecule has 0 aliphatic carbocycles. The van der Waals surface area contributed by atoms with Crippen molar-refractivity contribution in [3.8, 4) is 6.07 Å². The minimum atomic E-state index is -1.17. The fourth-order valence-corrected chi connectivity index (χ4v) is 1.65. The van der Waals surface area contributed by atoms with Gasteiger partial charge in [0.05, 0.1) is 0 Å². The first-order valence-electron chi connectivity index (χ1n) is 3.55. The van der Waals surface area contributed by atoms with Crippen molar-refractivity contribution >= 4 is 22.9 Å². The minimum absolute atomic E-state index is 0.192. The monoisotopic (exact) mass is 193 g/mol. The van der Waals surface area contributed by atoms with Gasteiger partial charge in [0.1, 0.15) is 11.6 Å². The molecular formula is C9H7NO2S. The van der Waals surface area contributed by atoms with Gasteiger partial charge in [0.2, 0.25) is 0 Å². The smallest absolute Gasteiger partial charge is 0.346 e. The molecule has 66 valence electrons. The molecule has 0 fully saturated rings. The van der Waals surface area contributed by atoms with Crippen molar-refractivity contribution < 1.29 is 9.90 Å². The van der Waals surface area contributed by atoms with Gasteiger partial charge < -0.3 is 5.11 Å². The number of thiophene rings is 1. The normalized spacial score (nSPS) is 11.7. The lowest BCUT2D eigenvalue weighted by molar-refractivity contribution is -0.132. The van der Waals surface area contributed by atoms with E-state index >= 15 is 0 Å². The number of nitrogens with zero attached hydrogens (tertiary/aromatic N) is 1. The zero-order chi connectivity index (χ0) is 9.84. The molecule has 1 rings (SSSR count). The molecule has 0 saturated carbocycles. The summed E-state index contributed by atoms with van der Waals surface area (Å²) in [6.45, 7) is 1.64. The lowest BCUT2D eigenvalue weighted by Gasteiger charge is -1.97. The van der Waals surface area contributed by atoms with E-state index in [-0.39, 0.29) is 5.57 Å². The number of hydrogen-bond acceptors (Lipinski definition) is 3. The fourth-order valence-electron chi connectivity index (χ4n) is 0.907. The Morgan fingerprint density at radius 3 is 2.77 bits per heavy atom. The summed E-state index contributed by atoms with van der Waals surface area (Å²) in [5.41, 5.74) is 0.326. The van der Waals surface area contributed by atoms with Crippen LogP contribution in [0.4, 0.5) is 0 Å². The van der Waals surface area contributed by atoms with Gasteiger partial charge in [0, 0.05) is 4.88 Å². The second-order valence-corrected chi connectivity index (χ2v) is 3.34. The van der Waals surface area contributed by atoms with Crippen molar-refractivity contribution in [2.75, 3.05) is 0 Å². The van der Waals surface area contributed by atoms with E-state index in [0.717, 1.165) is 4.88 Å². The van der Waals surface area contributed by atoms with E-state index in [1.54, 1.807) is 19.1 Å². The number of rotatable bonds is 2. The van der Waals surface area contributed by atoms with Crippen molar-refractivity contribution in [2.24, 2.45) is 0 Å². The molecule has 0 aromatic carbocycles. The Balaban J connectivity index is 3.19. The van der Waals surface area contributed by atoms with E-state index < -0.39 is 5.97 Å². The highest BCUT2D eigenvalue weighted by molar-refractivity contribution is 7.11. The molecule has 0 atom stereocenters. The van der Waals surface area contributed by atoms with E-state index in [1.807, 2.05) is 11.4 Å². The van der Waals surface area contributed by atoms with Gasteiger partial charge in [-0.15, -0.1) is 11.3 Å². The highest BCUT2D eigenvalue weighted by Crippen LogP contribution is 2.22. The van der Waals surface area contributed by atoms with E-state index in [2.05, 4.69) is 0 Å². The number of allylic oxidation sites excluding steroid dienone is 1. The van der Waals surface area contributed by atoms with Gasteiger partial charge in [0.25, 0.3) is 0 Å². The Hall–Kier alpha value is -1.60. The van der Waals surface area contributed by atoms with Crippen molar-refractivity contribution in [3.05, 3.63) is 28.0 Å². The largest absolute Gasteiger partial charge is 0.477 e. The first-order chi connectivity index (χ1) is 6.16. The molecule has 0 radical (unpaired) electrons. The van der Waals surface area contributed by atoms with Crippen molar-refractivity contribution in [1.82, 2.24) is 0 Å². The Labute approximate surface area is 79.6 Å². The maximum Gasteiger partial charge on any atom is 0.346 e. The zero-order valence-corrected chi connectivity index (χ0v) is 7.76. The summed E-state index contributed by atoms with van der Waals surface area (Å²) in [6.07, 6.45) is 0. The second-order valence-electron chi connectivity index (χ2n) is 2.39. The maximum absolute atomic E-state index is 10.6. The Morgan fingerprint density at radius 2 is 2.38 bits per heavy atom. The molecule has 1 heterocycles. The van der Waals surface area contributed by atoms with Crippen LogP contribution in [0.25, 0.3) is 5.57 Å². The van der Waals surface area contributed by atoms with Gasteiger partial charge in [-0.05, 0) is 23.9 Å². The molecular weight excluding hydrogens is 186 g/mol. The highest BCUT2D eigenvalue weighted by Gasteiger charge is 2.12. The van der Waals surface area contributed by atoms with E-state index in [4.69, 9.17) is 10.4 Å². The first-order valence-corrected chi connectivity index (χ1v) is 4.43. The molecule has 0 aliphatic heterocycles. The van der Waals surface area contributed by atoms with E-state index in [0.29, 0.717) is 5.57 Å². The third-order valence-electron chi connectivity index (χ3n) is 1.59.